The van der Waals surface area contributed by atoms with Crippen LogP contribution >= 0.6 is 0 Å². The van der Waals surface area contributed by atoms with E-state index in [9.17, 15) is 14.0 Å². The third-order valence-corrected chi connectivity index (χ3v) is 6.02. The van der Waals surface area contributed by atoms with E-state index in [0.717, 1.165) is 22.7 Å². The molecular formula is C27H22FNO3. The van der Waals surface area contributed by atoms with Crippen molar-refractivity contribution in [3.8, 4) is 11.5 Å². The number of rotatable bonds is 4. The number of ketones is 1. The summed E-state index contributed by atoms with van der Waals surface area (Å²) in [6.45, 7) is 0. The number of Topliss-reactive ketones (excluding diaryl/α,β-unsaturated/α-hetero) is 1. The van der Waals surface area contributed by atoms with Gasteiger partial charge >= 0.3 is 0 Å². The number of benzene rings is 3. The van der Waals surface area contributed by atoms with Crippen LogP contribution in [0.2, 0.25) is 0 Å². The van der Waals surface area contributed by atoms with Crippen molar-refractivity contribution in [1.29, 1.82) is 0 Å². The monoisotopic (exact) mass is 427 g/mol. The zero-order chi connectivity index (χ0) is 22.1. The van der Waals surface area contributed by atoms with E-state index < -0.39 is 0 Å². The molecule has 0 fully saturated rings. The van der Waals surface area contributed by atoms with Crippen LogP contribution in [0.5, 0.6) is 11.5 Å². The van der Waals surface area contributed by atoms with E-state index in [1.54, 1.807) is 17.0 Å². The van der Waals surface area contributed by atoms with Gasteiger partial charge in [-0.3, -0.25) is 14.5 Å². The fourth-order valence-electron chi connectivity index (χ4n) is 4.56. The Morgan fingerprint density at radius 2 is 1.50 bits per heavy atom. The number of amides is 1. The summed E-state index contributed by atoms with van der Waals surface area (Å²) in [7, 11) is 0. The highest BCUT2D eigenvalue weighted by Gasteiger charge is 2.39. The number of allylic oxidation sites excluding steroid dienone is 2. The molecule has 4 nitrogen and oxygen atoms in total. The van der Waals surface area contributed by atoms with Crippen LogP contribution in [0.1, 0.15) is 37.2 Å². The second kappa shape index (κ2) is 8.42. The molecule has 0 bridgehead atoms. The fraction of sp³-hybridized carbons (Fsp3) is 0.185. The molecule has 0 spiro atoms. The van der Waals surface area contributed by atoms with Crippen molar-refractivity contribution >= 4 is 17.4 Å². The molecule has 1 heterocycles. The predicted octanol–water partition coefficient (Wildman–Crippen LogP) is 6.15. The lowest BCUT2D eigenvalue weighted by Crippen LogP contribution is -2.40. The van der Waals surface area contributed by atoms with Gasteiger partial charge in [-0.15, -0.1) is 0 Å². The summed E-state index contributed by atoms with van der Waals surface area (Å²) < 4.78 is 19.3. The molecule has 1 unspecified atom stereocenters. The number of anilines is 1. The molecule has 1 aliphatic carbocycles. The Bertz CT molecular complexity index is 1180. The van der Waals surface area contributed by atoms with Crippen LogP contribution in [0.4, 0.5) is 10.1 Å². The molecule has 0 saturated heterocycles. The molecule has 0 radical (unpaired) electrons. The van der Waals surface area contributed by atoms with Crippen LogP contribution in [0.3, 0.4) is 0 Å². The molecule has 1 atom stereocenters. The Morgan fingerprint density at radius 1 is 0.812 bits per heavy atom. The molecular weight excluding hydrogens is 405 g/mol. The van der Waals surface area contributed by atoms with E-state index in [1.807, 2.05) is 54.6 Å². The average Bonchev–Trinajstić information content (AvgIpc) is 2.81. The summed E-state index contributed by atoms with van der Waals surface area (Å²) >= 11 is 0. The normalized spacial score (nSPS) is 18.5. The van der Waals surface area contributed by atoms with Crippen molar-refractivity contribution in [2.24, 2.45) is 0 Å². The lowest BCUT2D eigenvalue weighted by molar-refractivity contribution is -0.119. The summed E-state index contributed by atoms with van der Waals surface area (Å²) in [5.41, 5.74) is 2.97. The molecule has 1 aliphatic heterocycles. The molecule has 0 saturated carbocycles. The van der Waals surface area contributed by atoms with E-state index >= 15 is 0 Å². The fourth-order valence-corrected chi connectivity index (χ4v) is 4.56. The second-order valence-electron chi connectivity index (χ2n) is 8.08. The molecule has 32 heavy (non-hydrogen) atoms. The third kappa shape index (κ3) is 3.82. The first-order valence-electron chi connectivity index (χ1n) is 10.8. The predicted molar refractivity (Wildman–Crippen MR) is 120 cm³/mol. The number of hydrogen-bond acceptors (Lipinski definition) is 3. The maximum atomic E-state index is 13.4. The van der Waals surface area contributed by atoms with Gasteiger partial charge < -0.3 is 4.74 Å². The Kier molecular flexibility index (Phi) is 5.31. The highest BCUT2D eigenvalue weighted by atomic mass is 19.1. The van der Waals surface area contributed by atoms with Crippen LogP contribution in [-0.2, 0) is 9.59 Å². The smallest absolute Gasteiger partial charge is 0.232 e. The van der Waals surface area contributed by atoms with Gasteiger partial charge in [-0.25, -0.2) is 4.39 Å². The van der Waals surface area contributed by atoms with Crippen LogP contribution in [0.25, 0.3) is 0 Å². The first-order valence-corrected chi connectivity index (χ1v) is 10.8. The minimum absolute atomic E-state index is 0.0653. The summed E-state index contributed by atoms with van der Waals surface area (Å²) in [6, 6.07) is 22.9. The summed E-state index contributed by atoms with van der Waals surface area (Å²) in [5.74, 6) is 0.746. The van der Waals surface area contributed by atoms with Crippen molar-refractivity contribution in [3.05, 3.63) is 102 Å². The number of hydrogen-bond donors (Lipinski definition) is 0. The third-order valence-electron chi connectivity index (χ3n) is 6.02. The molecule has 2 aliphatic rings. The van der Waals surface area contributed by atoms with Crippen LogP contribution < -0.4 is 9.64 Å². The first kappa shape index (κ1) is 20.2. The van der Waals surface area contributed by atoms with E-state index in [2.05, 4.69) is 0 Å². The Morgan fingerprint density at radius 3 is 2.22 bits per heavy atom. The highest BCUT2D eigenvalue weighted by molar-refractivity contribution is 6.07. The van der Waals surface area contributed by atoms with Gasteiger partial charge in [-0.1, -0.05) is 30.3 Å². The van der Waals surface area contributed by atoms with Crippen molar-refractivity contribution < 1.29 is 18.7 Å². The van der Waals surface area contributed by atoms with Crippen LogP contribution in [0.15, 0.2) is 90.1 Å². The lowest BCUT2D eigenvalue weighted by atomic mass is 9.77. The minimum atomic E-state index is -0.334. The highest BCUT2D eigenvalue weighted by Crippen LogP contribution is 2.43. The zero-order valence-electron chi connectivity index (χ0n) is 17.5. The molecule has 5 heteroatoms. The second-order valence-corrected chi connectivity index (χ2v) is 8.08. The number of carbonyl (C=O) groups excluding carboxylic acids is 2. The standard InChI is InChI=1S/C27H22FNO3/c28-19-11-9-18(10-12-19)23-17-26(31)29(24-7-4-8-25(30)27(23)24)20-13-15-22(16-14-20)32-21-5-2-1-3-6-21/h1-3,5-6,9-16,23H,4,7-8,17H2. The maximum Gasteiger partial charge on any atom is 0.232 e. The number of ether oxygens (including phenoxy) is 1. The van der Waals surface area contributed by atoms with Gasteiger partial charge in [0.2, 0.25) is 5.91 Å². The number of halogens is 1. The Labute approximate surface area is 185 Å². The molecule has 5 rings (SSSR count). The van der Waals surface area contributed by atoms with Gasteiger partial charge in [0.1, 0.15) is 17.3 Å². The van der Waals surface area contributed by atoms with Gasteiger partial charge in [-0.05, 0) is 66.9 Å². The number of para-hydroxylation sites is 1. The first-order chi connectivity index (χ1) is 15.6. The molecule has 3 aromatic carbocycles. The summed E-state index contributed by atoms with van der Waals surface area (Å²) in [5, 5.41) is 0. The van der Waals surface area contributed by atoms with E-state index in [4.69, 9.17) is 4.74 Å². The van der Waals surface area contributed by atoms with Crippen LogP contribution in [0, 0.1) is 5.82 Å². The van der Waals surface area contributed by atoms with Gasteiger partial charge in [0.25, 0.3) is 0 Å². The van der Waals surface area contributed by atoms with Gasteiger partial charge in [0.15, 0.2) is 5.78 Å². The molecule has 1 amide bonds. The number of nitrogens with zero attached hydrogens (tertiary/aromatic N) is 1. The van der Waals surface area contributed by atoms with Gasteiger partial charge in [0.05, 0.1) is 0 Å². The summed E-state index contributed by atoms with van der Waals surface area (Å²) in [6.07, 6.45) is 2.03. The van der Waals surface area contributed by atoms with Crippen molar-refractivity contribution in [1.82, 2.24) is 0 Å². The van der Waals surface area contributed by atoms with E-state index in [0.29, 0.717) is 30.6 Å². The van der Waals surface area contributed by atoms with E-state index in [-0.39, 0.29) is 29.8 Å². The average molecular weight is 427 g/mol. The Balaban J connectivity index is 1.49. The zero-order valence-corrected chi connectivity index (χ0v) is 17.5. The number of carbonyl (C=O) groups is 2. The quantitative estimate of drug-likeness (QED) is 0.502. The van der Waals surface area contributed by atoms with Gasteiger partial charge in [0, 0.05) is 35.7 Å². The van der Waals surface area contributed by atoms with Crippen LogP contribution in [-0.4, -0.2) is 11.7 Å². The van der Waals surface area contributed by atoms with Crippen molar-refractivity contribution in [3.63, 3.8) is 0 Å². The lowest BCUT2D eigenvalue weighted by Gasteiger charge is -2.38. The SMILES string of the molecule is O=C1CCCC2=C1C(c1ccc(F)cc1)CC(=O)N2c1ccc(Oc2ccccc2)cc1. The topological polar surface area (TPSA) is 46.6 Å². The maximum absolute atomic E-state index is 13.4. The Hall–Kier alpha value is -3.73. The van der Waals surface area contributed by atoms with Crippen molar-refractivity contribution in [2.45, 2.75) is 31.6 Å². The minimum Gasteiger partial charge on any atom is -0.457 e. The molecule has 3 aromatic rings. The summed E-state index contributed by atoms with van der Waals surface area (Å²) in [4.78, 5) is 27.9. The van der Waals surface area contributed by atoms with Gasteiger partial charge in [-0.2, -0.15) is 0 Å². The molecule has 0 N–H and O–H groups in total. The van der Waals surface area contributed by atoms with Crippen molar-refractivity contribution in [2.75, 3.05) is 4.90 Å². The molecule has 160 valence electrons. The van der Waals surface area contributed by atoms with E-state index in [1.165, 1.54) is 12.1 Å². The largest absolute Gasteiger partial charge is 0.457 e. The molecule has 0 aromatic heterocycles.